The average molecular weight is 391 g/mol. The number of hydrogen-bond donors (Lipinski definition) is 1. The van der Waals surface area contributed by atoms with E-state index in [2.05, 4.69) is 10.3 Å². The Hall–Kier alpha value is -2.49. The lowest BCUT2D eigenvalue weighted by Crippen LogP contribution is -2.40. The molecular formula is C18H21N3O5S. The zero-order chi connectivity index (χ0) is 19.3. The van der Waals surface area contributed by atoms with Crippen LogP contribution in [0.3, 0.4) is 0 Å². The molecule has 0 spiro atoms. The molecule has 1 aromatic carbocycles. The summed E-state index contributed by atoms with van der Waals surface area (Å²) < 4.78 is 37.2. The molecular weight excluding hydrogens is 370 g/mol. The number of anilines is 1. The van der Waals surface area contributed by atoms with E-state index in [1.165, 1.54) is 16.4 Å². The molecule has 9 heteroatoms. The fourth-order valence-corrected chi connectivity index (χ4v) is 4.07. The van der Waals surface area contributed by atoms with Gasteiger partial charge in [0.2, 0.25) is 15.9 Å². The second kappa shape index (κ2) is 8.47. The standard InChI is InChI=1S/C18H21N3O5S/c1-2-26-18-16(4-3-9-19-18)17(22)20-14-5-7-15(8-6-14)27(23,24)21-10-12-25-13-11-21/h3-9H,2,10-13H2,1H3,(H,20,22). The number of morpholine rings is 1. The summed E-state index contributed by atoms with van der Waals surface area (Å²) in [6, 6.07) is 9.34. The Morgan fingerprint density at radius 1 is 1.22 bits per heavy atom. The van der Waals surface area contributed by atoms with Crippen molar-refractivity contribution < 1.29 is 22.7 Å². The SMILES string of the molecule is CCOc1ncccc1C(=O)Nc1ccc(S(=O)(=O)N2CCOCC2)cc1. The number of rotatable bonds is 6. The molecule has 0 atom stereocenters. The lowest BCUT2D eigenvalue weighted by Gasteiger charge is -2.26. The summed E-state index contributed by atoms with van der Waals surface area (Å²) in [5.41, 5.74) is 0.789. The maximum absolute atomic E-state index is 12.6. The summed E-state index contributed by atoms with van der Waals surface area (Å²) in [5, 5.41) is 2.73. The molecule has 1 aliphatic heterocycles. The minimum atomic E-state index is -3.56. The van der Waals surface area contributed by atoms with E-state index in [0.29, 0.717) is 44.2 Å². The van der Waals surface area contributed by atoms with Crippen molar-refractivity contribution in [3.05, 3.63) is 48.2 Å². The molecule has 1 N–H and O–H groups in total. The Labute approximate surface area is 158 Å². The Bertz CT molecular complexity index is 893. The van der Waals surface area contributed by atoms with E-state index in [9.17, 15) is 13.2 Å². The summed E-state index contributed by atoms with van der Waals surface area (Å²) in [6.45, 7) is 3.65. The summed E-state index contributed by atoms with van der Waals surface area (Å²) >= 11 is 0. The fourth-order valence-electron chi connectivity index (χ4n) is 2.66. The minimum Gasteiger partial charge on any atom is -0.477 e. The topological polar surface area (TPSA) is 97.8 Å². The molecule has 1 amide bonds. The lowest BCUT2D eigenvalue weighted by molar-refractivity contribution is 0.0730. The first-order chi connectivity index (χ1) is 13.0. The molecule has 27 heavy (non-hydrogen) atoms. The number of carbonyl (C=O) groups is 1. The lowest BCUT2D eigenvalue weighted by atomic mass is 10.2. The van der Waals surface area contributed by atoms with Crippen molar-refractivity contribution in [2.24, 2.45) is 0 Å². The first kappa shape index (κ1) is 19.3. The third-order valence-corrected chi connectivity index (χ3v) is 5.93. The van der Waals surface area contributed by atoms with Gasteiger partial charge in [-0.2, -0.15) is 4.31 Å². The molecule has 1 aromatic heterocycles. The molecule has 0 aliphatic carbocycles. The van der Waals surface area contributed by atoms with Crippen LogP contribution in [0.25, 0.3) is 0 Å². The Kier molecular flexibility index (Phi) is 6.04. The molecule has 8 nitrogen and oxygen atoms in total. The van der Waals surface area contributed by atoms with E-state index in [1.54, 1.807) is 30.5 Å². The second-order valence-corrected chi connectivity index (χ2v) is 7.72. The number of pyridine rings is 1. The van der Waals surface area contributed by atoms with Gasteiger partial charge in [0.25, 0.3) is 5.91 Å². The summed E-state index contributed by atoms with van der Waals surface area (Å²) in [5.74, 6) is -0.126. The third-order valence-electron chi connectivity index (χ3n) is 4.02. The van der Waals surface area contributed by atoms with E-state index in [0.717, 1.165) is 0 Å². The Morgan fingerprint density at radius 3 is 2.59 bits per heavy atom. The number of benzene rings is 1. The molecule has 1 fully saturated rings. The average Bonchev–Trinajstić information content (AvgIpc) is 2.70. The van der Waals surface area contributed by atoms with E-state index in [-0.39, 0.29) is 16.7 Å². The largest absolute Gasteiger partial charge is 0.477 e. The highest BCUT2D eigenvalue weighted by molar-refractivity contribution is 7.89. The van der Waals surface area contributed by atoms with Crippen LogP contribution in [0, 0.1) is 0 Å². The van der Waals surface area contributed by atoms with Crippen LogP contribution in [0.5, 0.6) is 5.88 Å². The van der Waals surface area contributed by atoms with E-state index in [1.807, 2.05) is 6.92 Å². The van der Waals surface area contributed by atoms with Gasteiger partial charge >= 0.3 is 0 Å². The number of hydrogen-bond acceptors (Lipinski definition) is 6. The molecule has 1 aliphatic rings. The quantitative estimate of drug-likeness (QED) is 0.806. The molecule has 0 unspecified atom stereocenters. The van der Waals surface area contributed by atoms with Crippen LogP contribution >= 0.6 is 0 Å². The van der Waals surface area contributed by atoms with Crippen LogP contribution in [0.15, 0.2) is 47.5 Å². The number of sulfonamides is 1. The van der Waals surface area contributed by atoms with Gasteiger partial charge in [-0.25, -0.2) is 13.4 Å². The van der Waals surface area contributed by atoms with Crippen molar-refractivity contribution in [3.63, 3.8) is 0 Å². The number of carbonyl (C=O) groups excluding carboxylic acids is 1. The zero-order valence-electron chi connectivity index (χ0n) is 14.9. The predicted octanol–water partition coefficient (Wildman–Crippen LogP) is 1.75. The maximum Gasteiger partial charge on any atom is 0.261 e. The van der Waals surface area contributed by atoms with Crippen LogP contribution in [0.4, 0.5) is 5.69 Å². The highest BCUT2D eigenvalue weighted by Crippen LogP contribution is 2.21. The molecule has 2 aromatic rings. The van der Waals surface area contributed by atoms with Crippen LogP contribution in [-0.2, 0) is 14.8 Å². The van der Waals surface area contributed by atoms with Crippen LogP contribution < -0.4 is 10.1 Å². The second-order valence-electron chi connectivity index (χ2n) is 5.78. The minimum absolute atomic E-state index is 0.179. The first-order valence-electron chi connectivity index (χ1n) is 8.59. The number of ether oxygens (including phenoxy) is 2. The highest BCUT2D eigenvalue weighted by Gasteiger charge is 2.26. The highest BCUT2D eigenvalue weighted by atomic mass is 32.2. The fraction of sp³-hybridized carbons (Fsp3) is 0.333. The zero-order valence-corrected chi connectivity index (χ0v) is 15.7. The molecule has 0 bridgehead atoms. The monoisotopic (exact) mass is 391 g/mol. The van der Waals surface area contributed by atoms with Crippen molar-refractivity contribution in [2.45, 2.75) is 11.8 Å². The van der Waals surface area contributed by atoms with E-state index >= 15 is 0 Å². The molecule has 0 saturated carbocycles. The van der Waals surface area contributed by atoms with Crippen molar-refractivity contribution >= 4 is 21.6 Å². The van der Waals surface area contributed by atoms with Crippen molar-refractivity contribution in [1.82, 2.24) is 9.29 Å². The van der Waals surface area contributed by atoms with Gasteiger partial charge < -0.3 is 14.8 Å². The Morgan fingerprint density at radius 2 is 1.93 bits per heavy atom. The predicted molar refractivity (Wildman–Crippen MR) is 99.4 cm³/mol. The van der Waals surface area contributed by atoms with Crippen molar-refractivity contribution in [2.75, 3.05) is 38.2 Å². The third kappa shape index (κ3) is 4.44. The van der Waals surface area contributed by atoms with Gasteiger partial charge in [-0.1, -0.05) is 0 Å². The van der Waals surface area contributed by atoms with E-state index < -0.39 is 10.0 Å². The number of nitrogens with zero attached hydrogens (tertiary/aromatic N) is 2. The van der Waals surface area contributed by atoms with Gasteiger partial charge in [-0.3, -0.25) is 4.79 Å². The van der Waals surface area contributed by atoms with Gasteiger partial charge in [-0.05, 0) is 43.3 Å². The number of nitrogens with one attached hydrogen (secondary N) is 1. The van der Waals surface area contributed by atoms with E-state index in [4.69, 9.17) is 9.47 Å². The maximum atomic E-state index is 12.6. The molecule has 3 rings (SSSR count). The summed E-state index contributed by atoms with van der Waals surface area (Å²) in [4.78, 5) is 16.7. The van der Waals surface area contributed by atoms with Crippen molar-refractivity contribution in [3.8, 4) is 5.88 Å². The number of amides is 1. The first-order valence-corrected chi connectivity index (χ1v) is 10.0. The molecule has 0 radical (unpaired) electrons. The molecule has 2 heterocycles. The summed E-state index contributed by atoms with van der Waals surface area (Å²) in [6.07, 6.45) is 1.55. The summed E-state index contributed by atoms with van der Waals surface area (Å²) in [7, 11) is -3.56. The van der Waals surface area contributed by atoms with Gasteiger partial charge in [0.15, 0.2) is 0 Å². The van der Waals surface area contributed by atoms with Crippen molar-refractivity contribution in [1.29, 1.82) is 0 Å². The van der Waals surface area contributed by atoms with Crippen LogP contribution in [-0.4, -0.2) is 56.5 Å². The normalized spacial score (nSPS) is 15.3. The number of aromatic nitrogens is 1. The Balaban J connectivity index is 1.73. The van der Waals surface area contributed by atoms with Gasteiger partial charge in [0.05, 0.1) is 24.7 Å². The van der Waals surface area contributed by atoms with Gasteiger partial charge in [0.1, 0.15) is 5.56 Å². The van der Waals surface area contributed by atoms with Crippen LogP contribution in [0.2, 0.25) is 0 Å². The van der Waals surface area contributed by atoms with Gasteiger partial charge in [0, 0.05) is 25.0 Å². The van der Waals surface area contributed by atoms with Crippen LogP contribution in [0.1, 0.15) is 17.3 Å². The smallest absolute Gasteiger partial charge is 0.261 e. The van der Waals surface area contributed by atoms with Gasteiger partial charge in [-0.15, -0.1) is 0 Å². The molecule has 144 valence electrons. The molecule has 1 saturated heterocycles.